The van der Waals surface area contributed by atoms with Gasteiger partial charge in [0, 0.05) is 31.6 Å². The van der Waals surface area contributed by atoms with Crippen molar-refractivity contribution < 1.29 is 22.7 Å². The fourth-order valence-corrected chi connectivity index (χ4v) is 6.11. The number of hydrogen-bond acceptors (Lipinski definition) is 7. The Labute approximate surface area is 190 Å². The third-order valence-corrected chi connectivity index (χ3v) is 8.17. The number of methoxy groups -OCH3 is 1. The zero-order valence-corrected chi connectivity index (χ0v) is 19.3. The molecule has 0 saturated carbocycles. The molecule has 2 aliphatic heterocycles. The van der Waals surface area contributed by atoms with Gasteiger partial charge in [-0.1, -0.05) is 6.42 Å². The smallest absolute Gasteiger partial charge is 0.323 e. The van der Waals surface area contributed by atoms with Crippen molar-refractivity contribution in [1.29, 1.82) is 0 Å². The Kier molecular flexibility index (Phi) is 6.63. The van der Waals surface area contributed by atoms with E-state index in [4.69, 9.17) is 4.74 Å². The molecule has 0 bridgehead atoms. The normalized spacial score (nSPS) is 17.3. The molecular weight excluding hydrogens is 454 g/mol. The monoisotopic (exact) mass is 479 g/mol. The number of piperidine rings is 1. The molecule has 0 aliphatic carbocycles. The van der Waals surface area contributed by atoms with Crippen LogP contribution in [-0.4, -0.2) is 62.9 Å². The van der Waals surface area contributed by atoms with Gasteiger partial charge in [-0.25, -0.2) is 18.2 Å². The average Bonchev–Trinajstić information content (AvgIpc) is 3.42. The second-order valence-corrected chi connectivity index (χ2v) is 10.3. The number of thiazole rings is 1. The van der Waals surface area contributed by atoms with Crippen molar-refractivity contribution in [3.63, 3.8) is 0 Å². The first-order valence-corrected chi connectivity index (χ1v) is 12.7. The molecule has 32 heavy (non-hydrogen) atoms. The van der Waals surface area contributed by atoms with Crippen LogP contribution in [0, 0.1) is 0 Å². The van der Waals surface area contributed by atoms with Gasteiger partial charge < -0.3 is 15.4 Å². The summed E-state index contributed by atoms with van der Waals surface area (Å²) >= 11 is 1.29. The third kappa shape index (κ3) is 4.71. The van der Waals surface area contributed by atoms with Crippen LogP contribution in [0.2, 0.25) is 0 Å². The number of benzene rings is 1. The fraction of sp³-hybridized carbons (Fsp3) is 0.450. The Balaban J connectivity index is 1.48. The van der Waals surface area contributed by atoms with Gasteiger partial charge in [0.05, 0.1) is 29.8 Å². The minimum Gasteiger partial charge on any atom is -0.495 e. The van der Waals surface area contributed by atoms with Crippen molar-refractivity contribution in [2.24, 2.45) is 0 Å². The van der Waals surface area contributed by atoms with Crippen LogP contribution in [0.15, 0.2) is 28.5 Å². The molecule has 3 amide bonds. The van der Waals surface area contributed by atoms with Gasteiger partial charge in [-0.05, 0) is 31.0 Å². The number of nitrogens with zero attached hydrogens (tertiary/aromatic N) is 3. The molecule has 2 aromatic rings. The number of anilines is 2. The highest BCUT2D eigenvalue weighted by Crippen LogP contribution is 2.30. The molecule has 2 N–H and O–H groups in total. The number of sulfonamides is 1. The van der Waals surface area contributed by atoms with Crippen molar-refractivity contribution in [3.05, 3.63) is 29.3 Å². The molecular formula is C20H25N5O5S2. The van der Waals surface area contributed by atoms with E-state index in [1.54, 1.807) is 11.4 Å². The fourth-order valence-electron chi connectivity index (χ4n) is 3.71. The maximum absolute atomic E-state index is 13.0. The van der Waals surface area contributed by atoms with Gasteiger partial charge in [0.2, 0.25) is 15.9 Å². The van der Waals surface area contributed by atoms with Gasteiger partial charge in [0.15, 0.2) is 5.13 Å². The van der Waals surface area contributed by atoms with Gasteiger partial charge >= 0.3 is 6.03 Å². The Morgan fingerprint density at radius 2 is 2.03 bits per heavy atom. The first-order chi connectivity index (χ1) is 15.4. The summed E-state index contributed by atoms with van der Waals surface area (Å²) in [7, 11) is -2.19. The van der Waals surface area contributed by atoms with Gasteiger partial charge in [-0.2, -0.15) is 4.31 Å². The highest BCUT2D eigenvalue weighted by Gasteiger charge is 2.27. The summed E-state index contributed by atoms with van der Waals surface area (Å²) in [5.74, 6) is 0.00203. The van der Waals surface area contributed by atoms with E-state index in [0.717, 1.165) is 19.3 Å². The molecule has 3 heterocycles. The summed E-state index contributed by atoms with van der Waals surface area (Å²) < 4.78 is 32.8. The van der Waals surface area contributed by atoms with Crippen molar-refractivity contribution in [2.75, 3.05) is 43.5 Å². The maximum Gasteiger partial charge on any atom is 0.323 e. The van der Waals surface area contributed by atoms with Crippen LogP contribution in [0.4, 0.5) is 15.6 Å². The van der Waals surface area contributed by atoms with E-state index in [2.05, 4.69) is 15.6 Å². The molecule has 0 spiro atoms. The number of aromatic nitrogens is 1. The van der Waals surface area contributed by atoms with E-state index in [0.29, 0.717) is 42.8 Å². The zero-order valence-electron chi connectivity index (χ0n) is 17.7. The molecule has 0 atom stereocenters. The highest BCUT2D eigenvalue weighted by atomic mass is 32.2. The van der Waals surface area contributed by atoms with Crippen molar-refractivity contribution >= 4 is 44.1 Å². The number of amides is 3. The molecule has 12 heteroatoms. The topological polar surface area (TPSA) is 121 Å². The molecule has 1 aromatic carbocycles. The van der Waals surface area contributed by atoms with E-state index in [-0.39, 0.29) is 28.9 Å². The minimum atomic E-state index is -3.64. The van der Waals surface area contributed by atoms with E-state index in [9.17, 15) is 18.0 Å². The van der Waals surface area contributed by atoms with Crippen LogP contribution in [0.1, 0.15) is 25.0 Å². The molecule has 0 unspecified atom stereocenters. The molecule has 172 valence electrons. The predicted octanol–water partition coefficient (Wildman–Crippen LogP) is 2.04. The van der Waals surface area contributed by atoms with Crippen LogP contribution in [0.25, 0.3) is 0 Å². The van der Waals surface area contributed by atoms with E-state index in [1.165, 1.54) is 39.8 Å². The second kappa shape index (κ2) is 9.43. The van der Waals surface area contributed by atoms with Crippen LogP contribution in [0.3, 0.4) is 0 Å². The molecule has 2 saturated heterocycles. The Hall–Kier alpha value is -2.70. The quantitative estimate of drug-likeness (QED) is 0.627. The maximum atomic E-state index is 13.0. The number of nitrogens with one attached hydrogen (secondary N) is 2. The lowest BCUT2D eigenvalue weighted by atomic mass is 10.2. The second-order valence-electron chi connectivity index (χ2n) is 7.56. The van der Waals surface area contributed by atoms with Crippen LogP contribution >= 0.6 is 11.3 Å². The van der Waals surface area contributed by atoms with Crippen LogP contribution < -0.4 is 20.3 Å². The first-order valence-electron chi connectivity index (χ1n) is 10.4. The van der Waals surface area contributed by atoms with E-state index in [1.807, 2.05) is 0 Å². The number of carbonyl (C=O) groups is 2. The standard InChI is InChI=1S/C20H25N5O5S2/c1-30-17-6-5-15(32(28,29)24-8-3-2-4-9-24)12-16(17)23-18(26)11-14-13-31-20(22-14)25-10-7-21-19(25)27/h5-6,12-13H,2-4,7-11H2,1H3,(H,21,27)(H,23,26). The van der Waals surface area contributed by atoms with Gasteiger partial charge in [0.25, 0.3) is 0 Å². The van der Waals surface area contributed by atoms with E-state index < -0.39 is 10.0 Å². The molecule has 1 aromatic heterocycles. The molecule has 2 aliphatic rings. The lowest BCUT2D eigenvalue weighted by Crippen LogP contribution is -2.35. The number of hydrogen-bond donors (Lipinski definition) is 2. The third-order valence-electron chi connectivity index (χ3n) is 5.37. The molecule has 10 nitrogen and oxygen atoms in total. The molecule has 2 fully saturated rings. The predicted molar refractivity (Wildman–Crippen MR) is 121 cm³/mol. The minimum absolute atomic E-state index is 0.0157. The lowest BCUT2D eigenvalue weighted by molar-refractivity contribution is -0.115. The molecule has 4 rings (SSSR count). The zero-order chi connectivity index (χ0) is 22.7. The summed E-state index contributed by atoms with van der Waals surface area (Å²) in [5, 5.41) is 7.72. The Morgan fingerprint density at radius 3 is 2.72 bits per heavy atom. The largest absolute Gasteiger partial charge is 0.495 e. The lowest BCUT2D eigenvalue weighted by Gasteiger charge is -2.26. The number of urea groups is 1. The van der Waals surface area contributed by atoms with Gasteiger partial charge in [0.1, 0.15) is 5.75 Å². The van der Waals surface area contributed by atoms with E-state index >= 15 is 0 Å². The van der Waals surface area contributed by atoms with Crippen molar-refractivity contribution in [1.82, 2.24) is 14.6 Å². The van der Waals surface area contributed by atoms with Gasteiger partial charge in [-0.15, -0.1) is 11.3 Å². The highest BCUT2D eigenvalue weighted by molar-refractivity contribution is 7.89. The summed E-state index contributed by atoms with van der Waals surface area (Å²) in [6, 6.07) is 4.26. The van der Waals surface area contributed by atoms with Crippen LogP contribution in [0.5, 0.6) is 5.75 Å². The van der Waals surface area contributed by atoms with Crippen LogP contribution in [-0.2, 0) is 21.2 Å². The first kappa shape index (κ1) is 22.5. The SMILES string of the molecule is COc1ccc(S(=O)(=O)N2CCCCC2)cc1NC(=O)Cc1csc(N2CCNC2=O)n1. The summed E-state index contributed by atoms with van der Waals surface area (Å²) in [6.07, 6.45) is 2.69. The Bertz CT molecular complexity index is 1110. The number of rotatable bonds is 7. The average molecular weight is 480 g/mol. The van der Waals surface area contributed by atoms with Crippen molar-refractivity contribution in [2.45, 2.75) is 30.6 Å². The van der Waals surface area contributed by atoms with Crippen molar-refractivity contribution in [3.8, 4) is 5.75 Å². The number of ether oxygens (including phenoxy) is 1. The summed E-state index contributed by atoms with van der Waals surface area (Å²) in [5.41, 5.74) is 0.809. The number of carbonyl (C=O) groups excluding carboxylic acids is 2. The summed E-state index contributed by atoms with van der Waals surface area (Å²) in [4.78, 5) is 30.5. The molecule has 0 radical (unpaired) electrons. The van der Waals surface area contributed by atoms with Gasteiger partial charge in [-0.3, -0.25) is 9.69 Å². The Morgan fingerprint density at radius 1 is 1.25 bits per heavy atom. The summed E-state index contributed by atoms with van der Waals surface area (Å²) in [6.45, 7) is 2.09.